The van der Waals surface area contributed by atoms with Crippen LogP contribution >= 0.6 is 0 Å². The van der Waals surface area contributed by atoms with Crippen LogP contribution in [0.1, 0.15) is 20.8 Å². The van der Waals surface area contributed by atoms with E-state index in [1.807, 2.05) is 13.8 Å². The molecule has 0 heterocycles. The smallest absolute Gasteiger partial charge is 0.174 e. The second-order valence-electron chi connectivity index (χ2n) is 3.07. The van der Waals surface area contributed by atoms with E-state index in [0.29, 0.717) is 0 Å². The highest BCUT2D eigenvalue weighted by Gasteiger charge is 2.16. The highest BCUT2D eigenvalue weighted by Crippen LogP contribution is 2.00. The molecule has 0 aromatic heterocycles. The van der Waals surface area contributed by atoms with Crippen LogP contribution in [-0.4, -0.2) is 30.7 Å². The maximum atomic E-state index is 8.80. The minimum Gasteiger partial charge on any atom is -0.394 e. The first-order valence-electron chi connectivity index (χ1n) is 3.58. The highest BCUT2D eigenvalue weighted by molar-refractivity contribution is 4.70. The molecule has 0 fully saturated rings. The van der Waals surface area contributed by atoms with E-state index in [9.17, 15) is 0 Å². The summed E-state index contributed by atoms with van der Waals surface area (Å²) in [5.41, 5.74) is 2.26. The molecule has 0 aliphatic rings. The van der Waals surface area contributed by atoms with Gasteiger partial charge >= 0.3 is 0 Å². The average molecular weight is 163 g/mol. The largest absolute Gasteiger partial charge is 0.394 e. The quantitative estimate of drug-likeness (QED) is 0.451. The monoisotopic (exact) mass is 163 g/mol. The van der Waals surface area contributed by atoms with Crippen LogP contribution in [0, 0.1) is 0 Å². The predicted molar refractivity (Wildman–Crippen MR) is 41.9 cm³/mol. The molecule has 1 unspecified atom stereocenters. The summed E-state index contributed by atoms with van der Waals surface area (Å²) >= 11 is 0. The van der Waals surface area contributed by atoms with Crippen molar-refractivity contribution in [1.29, 1.82) is 0 Å². The van der Waals surface area contributed by atoms with Crippen molar-refractivity contribution in [2.75, 3.05) is 13.7 Å². The lowest BCUT2D eigenvalue weighted by molar-refractivity contribution is -0.177. The van der Waals surface area contributed by atoms with Crippen molar-refractivity contribution in [2.45, 2.75) is 32.6 Å². The van der Waals surface area contributed by atoms with Crippen LogP contribution in [0.25, 0.3) is 0 Å². The van der Waals surface area contributed by atoms with Gasteiger partial charge in [-0.25, -0.2) is 0 Å². The van der Waals surface area contributed by atoms with Crippen molar-refractivity contribution in [3.63, 3.8) is 0 Å². The zero-order valence-corrected chi connectivity index (χ0v) is 7.55. The van der Waals surface area contributed by atoms with E-state index in [4.69, 9.17) is 14.7 Å². The molecule has 0 radical (unpaired) electrons. The minimum atomic E-state index is -0.424. The molecule has 0 rings (SSSR count). The first kappa shape index (κ1) is 10.8. The number of aliphatic hydroxyl groups excluding tert-OH is 1. The van der Waals surface area contributed by atoms with Crippen LogP contribution in [0.3, 0.4) is 0 Å². The second kappa shape index (κ2) is 4.66. The third-order valence-corrected chi connectivity index (χ3v) is 1.23. The van der Waals surface area contributed by atoms with Gasteiger partial charge in [0.05, 0.1) is 12.1 Å². The van der Waals surface area contributed by atoms with Gasteiger partial charge in [0, 0.05) is 7.11 Å². The number of hydrogen-bond acceptors (Lipinski definition) is 4. The van der Waals surface area contributed by atoms with Crippen molar-refractivity contribution in [3.8, 4) is 0 Å². The van der Waals surface area contributed by atoms with Crippen molar-refractivity contribution >= 4 is 0 Å². The van der Waals surface area contributed by atoms with Crippen molar-refractivity contribution in [2.24, 2.45) is 0 Å². The zero-order chi connectivity index (χ0) is 8.91. The van der Waals surface area contributed by atoms with E-state index in [-0.39, 0.29) is 12.9 Å². The number of ether oxygens (including phenoxy) is 1. The standard InChI is InChI=1S/C7H17NO3/c1-6(10-4)11-8-7(2,3)5-9/h6,8-9H,5H2,1-4H3. The topological polar surface area (TPSA) is 50.7 Å². The van der Waals surface area contributed by atoms with Crippen LogP contribution < -0.4 is 5.48 Å². The molecule has 4 nitrogen and oxygen atoms in total. The Morgan fingerprint density at radius 1 is 1.55 bits per heavy atom. The van der Waals surface area contributed by atoms with E-state index < -0.39 is 5.54 Å². The van der Waals surface area contributed by atoms with E-state index in [2.05, 4.69) is 5.48 Å². The van der Waals surface area contributed by atoms with Crippen molar-refractivity contribution in [1.82, 2.24) is 5.48 Å². The van der Waals surface area contributed by atoms with Gasteiger partial charge in [-0.15, -0.1) is 0 Å². The number of hydrogen-bond donors (Lipinski definition) is 2. The van der Waals surface area contributed by atoms with Gasteiger partial charge in [0.2, 0.25) is 0 Å². The molecule has 4 heteroatoms. The Morgan fingerprint density at radius 2 is 2.09 bits per heavy atom. The fourth-order valence-electron chi connectivity index (χ4n) is 0.323. The third kappa shape index (κ3) is 5.15. The Hall–Kier alpha value is -0.160. The molecule has 0 amide bonds. The summed E-state index contributed by atoms with van der Waals surface area (Å²) in [6, 6.07) is 0. The Morgan fingerprint density at radius 3 is 2.45 bits per heavy atom. The van der Waals surface area contributed by atoms with E-state index in [1.54, 1.807) is 14.0 Å². The van der Waals surface area contributed by atoms with Gasteiger partial charge in [0.1, 0.15) is 0 Å². The van der Waals surface area contributed by atoms with Crippen molar-refractivity contribution < 1.29 is 14.7 Å². The summed E-state index contributed by atoms with van der Waals surface area (Å²) in [7, 11) is 1.55. The number of aliphatic hydroxyl groups is 1. The summed E-state index contributed by atoms with van der Waals surface area (Å²) in [6.07, 6.45) is -0.305. The maximum absolute atomic E-state index is 8.80. The molecular weight excluding hydrogens is 146 g/mol. The van der Waals surface area contributed by atoms with Crippen LogP contribution in [0.2, 0.25) is 0 Å². The molecule has 0 aromatic rings. The molecule has 0 bridgehead atoms. The molecule has 11 heavy (non-hydrogen) atoms. The summed E-state index contributed by atoms with van der Waals surface area (Å²) in [5.74, 6) is 0. The number of hydroxylamine groups is 1. The van der Waals surface area contributed by atoms with Crippen LogP contribution in [0.5, 0.6) is 0 Å². The van der Waals surface area contributed by atoms with Crippen LogP contribution in [0.15, 0.2) is 0 Å². The summed E-state index contributed by atoms with van der Waals surface area (Å²) < 4.78 is 4.82. The lowest BCUT2D eigenvalue weighted by atomic mass is 10.1. The third-order valence-electron chi connectivity index (χ3n) is 1.23. The van der Waals surface area contributed by atoms with E-state index >= 15 is 0 Å². The van der Waals surface area contributed by atoms with Gasteiger partial charge in [-0.2, -0.15) is 5.48 Å². The Balaban J connectivity index is 3.52. The van der Waals surface area contributed by atoms with Crippen LogP contribution in [0.4, 0.5) is 0 Å². The Labute approximate surface area is 67.5 Å². The maximum Gasteiger partial charge on any atom is 0.174 e. The normalized spacial score (nSPS) is 15.0. The fraction of sp³-hybridized carbons (Fsp3) is 1.00. The number of nitrogens with one attached hydrogen (secondary N) is 1. The first-order chi connectivity index (χ1) is 5.02. The molecule has 0 spiro atoms. The van der Waals surface area contributed by atoms with Gasteiger partial charge in [-0.05, 0) is 20.8 Å². The number of methoxy groups -OCH3 is 1. The molecule has 1 atom stereocenters. The summed E-state index contributed by atoms with van der Waals surface area (Å²) in [6.45, 7) is 5.44. The number of rotatable bonds is 5. The van der Waals surface area contributed by atoms with Gasteiger partial charge in [0.25, 0.3) is 0 Å². The molecule has 2 N–H and O–H groups in total. The molecule has 0 aliphatic heterocycles. The molecule has 0 aliphatic carbocycles. The van der Waals surface area contributed by atoms with Crippen LogP contribution in [-0.2, 0) is 9.57 Å². The lowest BCUT2D eigenvalue weighted by Crippen LogP contribution is -2.44. The lowest BCUT2D eigenvalue weighted by Gasteiger charge is -2.24. The molecule has 0 saturated carbocycles. The molecule has 0 aromatic carbocycles. The van der Waals surface area contributed by atoms with Crippen molar-refractivity contribution in [3.05, 3.63) is 0 Å². The average Bonchev–Trinajstić information content (AvgIpc) is 2.00. The first-order valence-corrected chi connectivity index (χ1v) is 3.58. The molecule has 68 valence electrons. The summed E-state index contributed by atoms with van der Waals surface area (Å²) in [5, 5.41) is 8.80. The van der Waals surface area contributed by atoms with E-state index in [0.717, 1.165) is 0 Å². The second-order valence-corrected chi connectivity index (χ2v) is 3.07. The van der Waals surface area contributed by atoms with Gasteiger partial charge in [-0.1, -0.05) is 0 Å². The zero-order valence-electron chi connectivity index (χ0n) is 7.55. The predicted octanol–water partition coefficient (Wildman–Crippen LogP) is 0.271. The SMILES string of the molecule is COC(C)ONC(C)(C)CO. The molecular formula is C7H17NO3. The summed E-state index contributed by atoms with van der Waals surface area (Å²) in [4.78, 5) is 5.01. The highest BCUT2D eigenvalue weighted by atomic mass is 16.8. The van der Waals surface area contributed by atoms with E-state index in [1.165, 1.54) is 0 Å². The Bertz CT molecular complexity index is 106. The Kier molecular flexibility index (Phi) is 4.60. The minimum absolute atomic E-state index is 0.0173. The van der Waals surface area contributed by atoms with Gasteiger partial charge in [0.15, 0.2) is 6.29 Å². The van der Waals surface area contributed by atoms with Gasteiger partial charge in [-0.3, -0.25) is 4.84 Å². The fourth-order valence-corrected chi connectivity index (χ4v) is 0.323. The van der Waals surface area contributed by atoms with Gasteiger partial charge < -0.3 is 9.84 Å². The molecule has 0 saturated heterocycles.